The van der Waals surface area contributed by atoms with Crippen molar-refractivity contribution in [3.05, 3.63) is 22.7 Å². The molecule has 2 aromatic heterocycles. The molecule has 1 fully saturated rings. The molecule has 1 saturated heterocycles. The summed E-state index contributed by atoms with van der Waals surface area (Å²) in [5.41, 5.74) is 2.31. The van der Waals surface area contributed by atoms with E-state index in [1.54, 1.807) is 16.6 Å². The molecule has 3 heterocycles. The van der Waals surface area contributed by atoms with E-state index in [1.807, 2.05) is 0 Å². The average Bonchev–Trinajstić information content (AvgIpc) is 3.04. The van der Waals surface area contributed by atoms with Gasteiger partial charge in [-0.05, 0) is 29.6 Å². The van der Waals surface area contributed by atoms with Crippen LogP contribution in [-0.2, 0) is 0 Å². The summed E-state index contributed by atoms with van der Waals surface area (Å²) in [6, 6.07) is 5.43. The van der Waals surface area contributed by atoms with Crippen molar-refractivity contribution in [1.29, 1.82) is 5.26 Å². The highest BCUT2D eigenvalue weighted by molar-refractivity contribution is 6.32. The first kappa shape index (κ1) is 14.1. The molecule has 116 valence electrons. The Balaban J connectivity index is 1.94. The van der Waals surface area contributed by atoms with Crippen LogP contribution in [0, 0.1) is 11.3 Å². The molecule has 0 spiro atoms. The minimum atomic E-state index is 0.379. The number of likely N-dealkylation sites (N-methyl/N-ethyl adjacent to an activating group) is 1. The molecule has 0 saturated carbocycles. The molecular weight excluding hydrogens is 316 g/mol. The molecule has 0 aliphatic carbocycles. The number of tetrazole rings is 1. The van der Waals surface area contributed by atoms with Gasteiger partial charge in [-0.2, -0.15) is 9.78 Å². The van der Waals surface area contributed by atoms with Gasteiger partial charge in [-0.3, -0.25) is 0 Å². The maximum Gasteiger partial charge on any atom is 0.222 e. The lowest BCUT2D eigenvalue weighted by molar-refractivity contribution is 0.312. The average molecular weight is 329 g/mol. The van der Waals surface area contributed by atoms with Gasteiger partial charge in [0.1, 0.15) is 6.07 Å². The topological polar surface area (TPSA) is 86.2 Å². The standard InChI is InChI=1S/C14H13ClN8/c1-21-2-4-22(5-3-21)13-14-18-19-20-23(14)12-6-9(8-16)10(15)7-11(12)17-13/h6-7H,2-5H2,1H3. The lowest BCUT2D eigenvalue weighted by atomic mass is 10.2. The summed E-state index contributed by atoms with van der Waals surface area (Å²) in [6.07, 6.45) is 0. The molecule has 1 aliphatic rings. The summed E-state index contributed by atoms with van der Waals surface area (Å²) in [7, 11) is 2.10. The van der Waals surface area contributed by atoms with E-state index in [-0.39, 0.29) is 0 Å². The highest BCUT2D eigenvalue weighted by Gasteiger charge is 2.21. The molecular formula is C14H13ClN8. The third-order valence-corrected chi connectivity index (χ3v) is 4.42. The number of piperazine rings is 1. The first-order valence-corrected chi connectivity index (χ1v) is 7.60. The van der Waals surface area contributed by atoms with Gasteiger partial charge < -0.3 is 9.80 Å². The van der Waals surface area contributed by atoms with Crippen LogP contribution in [0.2, 0.25) is 5.02 Å². The molecule has 23 heavy (non-hydrogen) atoms. The maximum absolute atomic E-state index is 9.16. The second-order valence-electron chi connectivity index (χ2n) is 5.57. The van der Waals surface area contributed by atoms with Crippen LogP contribution in [0.15, 0.2) is 12.1 Å². The van der Waals surface area contributed by atoms with Gasteiger partial charge >= 0.3 is 0 Å². The predicted octanol–water partition coefficient (Wildman–Crippen LogP) is 0.949. The fourth-order valence-corrected chi connectivity index (χ4v) is 2.98. The van der Waals surface area contributed by atoms with Gasteiger partial charge in [-0.15, -0.1) is 5.10 Å². The molecule has 0 atom stereocenters. The van der Waals surface area contributed by atoms with E-state index in [1.165, 1.54) is 0 Å². The summed E-state index contributed by atoms with van der Waals surface area (Å²) in [5.74, 6) is 0.747. The van der Waals surface area contributed by atoms with Gasteiger partial charge in [0.2, 0.25) is 5.65 Å². The first-order valence-electron chi connectivity index (χ1n) is 7.22. The Morgan fingerprint density at radius 1 is 1.22 bits per heavy atom. The lowest BCUT2D eigenvalue weighted by Gasteiger charge is -2.33. The van der Waals surface area contributed by atoms with Crippen molar-refractivity contribution in [3.63, 3.8) is 0 Å². The minimum Gasteiger partial charge on any atom is -0.351 e. The van der Waals surface area contributed by atoms with Crippen molar-refractivity contribution in [1.82, 2.24) is 29.9 Å². The number of nitrogens with zero attached hydrogens (tertiary/aromatic N) is 8. The zero-order valence-electron chi connectivity index (χ0n) is 12.4. The number of nitriles is 1. The van der Waals surface area contributed by atoms with Crippen LogP contribution in [0.4, 0.5) is 5.82 Å². The number of hydrogen-bond acceptors (Lipinski definition) is 7. The summed E-state index contributed by atoms with van der Waals surface area (Å²) in [6.45, 7) is 3.65. The van der Waals surface area contributed by atoms with Crippen LogP contribution >= 0.6 is 11.6 Å². The smallest absolute Gasteiger partial charge is 0.222 e. The number of anilines is 1. The molecule has 0 N–H and O–H groups in total. The quantitative estimate of drug-likeness (QED) is 0.657. The molecule has 0 unspecified atom stereocenters. The van der Waals surface area contributed by atoms with Gasteiger partial charge in [-0.25, -0.2) is 4.98 Å². The van der Waals surface area contributed by atoms with Gasteiger partial charge in [0.15, 0.2) is 5.82 Å². The Kier molecular flexibility index (Phi) is 3.25. The molecule has 0 radical (unpaired) electrons. The van der Waals surface area contributed by atoms with E-state index in [0.29, 0.717) is 27.3 Å². The molecule has 0 bridgehead atoms. The van der Waals surface area contributed by atoms with Crippen molar-refractivity contribution in [2.24, 2.45) is 0 Å². The number of halogens is 1. The predicted molar refractivity (Wildman–Crippen MR) is 85.5 cm³/mol. The second-order valence-corrected chi connectivity index (χ2v) is 5.98. The molecule has 8 nitrogen and oxygen atoms in total. The van der Waals surface area contributed by atoms with Crippen molar-refractivity contribution >= 4 is 34.1 Å². The summed E-state index contributed by atoms with van der Waals surface area (Å²) < 4.78 is 1.62. The van der Waals surface area contributed by atoms with Gasteiger partial charge in [0.25, 0.3) is 0 Å². The largest absolute Gasteiger partial charge is 0.351 e. The van der Waals surface area contributed by atoms with E-state index >= 15 is 0 Å². The molecule has 9 heteroatoms. The third-order valence-electron chi connectivity index (χ3n) is 4.11. The van der Waals surface area contributed by atoms with Crippen LogP contribution < -0.4 is 4.90 Å². The van der Waals surface area contributed by atoms with Crippen LogP contribution in [0.1, 0.15) is 5.56 Å². The lowest BCUT2D eigenvalue weighted by Crippen LogP contribution is -2.45. The molecule has 0 amide bonds. The Bertz CT molecular complexity index is 935. The van der Waals surface area contributed by atoms with Crippen molar-refractivity contribution in [2.75, 3.05) is 38.1 Å². The first-order chi connectivity index (χ1) is 11.2. The highest BCUT2D eigenvalue weighted by Crippen LogP contribution is 2.27. The van der Waals surface area contributed by atoms with Gasteiger partial charge in [0.05, 0.1) is 21.6 Å². The Hall–Kier alpha value is -2.50. The van der Waals surface area contributed by atoms with Crippen LogP contribution in [-0.4, -0.2) is 63.2 Å². The van der Waals surface area contributed by atoms with Crippen LogP contribution in [0.25, 0.3) is 16.7 Å². The van der Waals surface area contributed by atoms with E-state index in [4.69, 9.17) is 21.8 Å². The van der Waals surface area contributed by atoms with E-state index < -0.39 is 0 Å². The van der Waals surface area contributed by atoms with Crippen molar-refractivity contribution < 1.29 is 0 Å². The van der Waals surface area contributed by atoms with E-state index in [9.17, 15) is 0 Å². The maximum atomic E-state index is 9.16. The fourth-order valence-electron chi connectivity index (χ4n) is 2.78. The summed E-state index contributed by atoms with van der Waals surface area (Å²) in [4.78, 5) is 9.16. The second kappa shape index (κ2) is 5.30. The zero-order valence-corrected chi connectivity index (χ0v) is 13.2. The summed E-state index contributed by atoms with van der Waals surface area (Å²) >= 11 is 6.14. The van der Waals surface area contributed by atoms with Crippen LogP contribution in [0.3, 0.4) is 0 Å². The van der Waals surface area contributed by atoms with Gasteiger partial charge in [-0.1, -0.05) is 11.6 Å². The number of aromatic nitrogens is 5. The number of rotatable bonds is 1. The molecule has 4 rings (SSSR count). The minimum absolute atomic E-state index is 0.379. The number of hydrogen-bond donors (Lipinski definition) is 0. The highest BCUT2D eigenvalue weighted by atomic mass is 35.5. The Labute approximate surface area is 136 Å². The molecule has 3 aromatic rings. The van der Waals surface area contributed by atoms with Crippen LogP contribution in [0.5, 0.6) is 0 Å². The van der Waals surface area contributed by atoms with Gasteiger partial charge in [0, 0.05) is 26.2 Å². The number of fused-ring (bicyclic) bond motifs is 3. The monoisotopic (exact) mass is 328 g/mol. The molecule has 1 aromatic carbocycles. The van der Waals surface area contributed by atoms with E-state index in [2.05, 4.69) is 38.4 Å². The third kappa shape index (κ3) is 2.25. The molecule has 1 aliphatic heterocycles. The zero-order chi connectivity index (χ0) is 16.0. The summed E-state index contributed by atoms with van der Waals surface area (Å²) in [5, 5.41) is 21.5. The van der Waals surface area contributed by atoms with Crippen molar-refractivity contribution in [2.45, 2.75) is 0 Å². The Morgan fingerprint density at radius 3 is 2.74 bits per heavy atom. The SMILES string of the molecule is CN1CCN(c2nc3cc(Cl)c(C#N)cc3n3nnnc23)CC1. The Morgan fingerprint density at radius 2 is 2.00 bits per heavy atom. The number of benzene rings is 1. The van der Waals surface area contributed by atoms with Crippen molar-refractivity contribution in [3.8, 4) is 6.07 Å². The normalized spacial score (nSPS) is 16.1. The fraction of sp³-hybridized carbons (Fsp3) is 0.357. The van der Waals surface area contributed by atoms with E-state index in [0.717, 1.165) is 32.0 Å².